The number of hydrogen-bond acceptors (Lipinski definition) is 4. The van der Waals surface area contributed by atoms with E-state index in [0.717, 1.165) is 18.6 Å². The first-order valence-electron chi connectivity index (χ1n) is 7.43. The Balaban J connectivity index is 1.76. The number of hydrogen-bond donors (Lipinski definition) is 1. The fourth-order valence-electron chi connectivity index (χ4n) is 2.00. The first kappa shape index (κ1) is 18.1. The minimum Gasteiger partial charge on any atom is -0.453 e. The van der Waals surface area contributed by atoms with Gasteiger partial charge < -0.3 is 10.1 Å². The maximum Gasteiger partial charge on any atom is 0.306 e. The van der Waals surface area contributed by atoms with Crippen LogP contribution < -0.4 is 5.32 Å². The van der Waals surface area contributed by atoms with Crippen LogP contribution in [0, 0.1) is 11.6 Å². The number of esters is 1. The van der Waals surface area contributed by atoms with Gasteiger partial charge in [-0.1, -0.05) is 6.07 Å². The van der Waals surface area contributed by atoms with E-state index in [-0.39, 0.29) is 12.1 Å². The summed E-state index contributed by atoms with van der Waals surface area (Å²) >= 11 is 1.62. The summed E-state index contributed by atoms with van der Waals surface area (Å²) < 4.78 is 31.3. The molecule has 0 saturated carbocycles. The molecule has 0 bridgehead atoms. The topological polar surface area (TPSA) is 55.4 Å². The summed E-state index contributed by atoms with van der Waals surface area (Å²) in [4.78, 5) is 24.8. The van der Waals surface area contributed by atoms with E-state index in [1.807, 2.05) is 17.5 Å². The first-order chi connectivity index (χ1) is 11.5. The molecule has 0 aliphatic carbocycles. The molecule has 1 atom stereocenters. The molecule has 1 heterocycles. The molecule has 1 aromatic heterocycles. The lowest BCUT2D eigenvalue weighted by Gasteiger charge is -2.14. The molecule has 1 N–H and O–H groups in total. The van der Waals surface area contributed by atoms with Crippen molar-refractivity contribution in [2.75, 3.05) is 5.32 Å². The molecule has 0 saturated heterocycles. The van der Waals surface area contributed by atoms with Crippen molar-refractivity contribution < 1.29 is 23.1 Å². The van der Waals surface area contributed by atoms with Gasteiger partial charge in [-0.25, -0.2) is 8.78 Å². The summed E-state index contributed by atoms with van der Waals surface area (Å²) in [6, 6.07) is 6.73. The van der Waals surface area contributed by atoms with E-state index in [0.29, 0.717) is 12.5 Å². The Kier molecular flexibility index (Phi) is 6.43. The Labute approximate surface area is 142 Å². The van der Waals surface area contributed by atoms with Crippen molar-refractivity contribution in [1.82, 2.24) is 0 Å². The van der Waals surface area contributed by atoms with Crippen molar-refractivity contribution in [3.05, 3.63) is 52.2 Å². The summed E-state index contributed by atoms with van der Waals surface area (Å²) in [5, 5.41) is 4.23. The largest absolute Gasteiger partial charge is 0.453 e. The smallest absolute Gasteiger partial charge is 0.306 e. The second-order valence-corrected chi connectivity index (χ2v) is 6.21. The van der Waals surface area contributed by atoms with Gasteiger partial charge in [0.05, 0.1) is 5.69 Å². The molecule has 0 radical (unpaired) electrons. The van der Waals surface area contributed by atoms with Gasteiger partial charge in [-0.3, -0.25) is 9.59 Å². The van der Waals surface area contributed by atoms with Crippen LogP contribution in [-0.4, -0.2) is 18.0 Å². The number of ether oxygens (including phenoxy) is 1. The first-order valence-corrected chi connectivity index (χ1v) is 8.31. The number of benzene rings is 1. The molecule has 0 aliphatic rings. The van der Waals surface area contributed by atoms with E-state index >= 15 is 0 Å². The van der Waals surface area contributed by atoms with Crippen molar-refractivity contribution in [3.8, 4) is 0 Å². The van der Waals surface area contributed by atoms with Crippen LogP contribution in [0.15, 0.2) is 35.7 Å². The van der Waals surface area contributed by atoms with Crippen LogP contribution in [0.5, 0.6) is 0 Å². The Bertz CT molecular complexity index is 704. The summed E-state index contributed by atoms with van der Waals surface area (Å²) in [6.45, 7) is 1.40. The maximum atomic E-state index is 13.5. The Morgan fingerprint density at radius 2 is 2.08 bits per heavy atom. The van der Waals surface area contributed by atoms with E-state index in [1.165, 1.54) is 11.8 Å². The third-order valence-electron chi connectivity index (χ3n) is 3.25. The summed E-state index contributed by atoms with van der Waals surface area (Å²) in [7, 11) is 0. The minimum absolute atomic E-state index is 0.165. The van der Waals surface area contributed by atoms with Gasteiger partial charge in [-0.2, -0.15) is 0 Å². The van der Waals surface area contributed by atoms with E-state index in [9.17, 15) is 18.4 Å². The van der Waals surface area contributed by atoms with E-state index in [2.05, 4.69) is 5.32 Å². The zero-order chi connectivity index (χ0) is 17.5. The van der Waals surface area contributed by atoms with Gasteiger partial charge in [0.15, 0.2) is 6.10 Å². The number of aryl methyl sites for hydroxylation is 1. The molecule has 0 fully saturated rings. The summed E-state index contributed by atoms with van der Waals surface area (Å²) in [5.41, 5.74) is -0.165. The van der Waals surface area contributed by atoms with E-state index in [4.69, 9.17) is 4.74 Å². The van der Waals surface area contributed by atoms with Crippen molar-refractivity contribution >= 4 is 28.9 Å². The molecule has 7 heteroatoms. The molecular formula is C17H17F2NO3S. The predicted octanol–water partition coefficient (Wildman–Crippen LogP) is 3.92. The Morgan fingerprint density at radius 3 is 2.75 bits per heavy atom. The van der Waals surface area contributed by atoms with Crippen LogP contribution in [0.3, 0.4) is 0 Å². The highest BCUT2D eigenvalue weighted by Gasteiger charge is 2.19. The number of halogens is 2. The molecule has 24 heavy (non-hydrogen) atoms. The standard InChI is InChI=1S/C17H17F2NO3S/c1-11(17(22)20-15-8-7-12(18)10-14(15)19)23-16(21)6-2-4-13-5-3-9-24-13/h3,5,7-11H,2,4,6H2,1H3,(H,20,22). The molecule has 1 amide bonds. The van der Waals surface area contributed by atoms with Crippen LogP contribution >= 0.6 is 11.3 Å². The van der Waals surface area contributed by atoms with Crippen molar-refractivity contribution in [2.45, 2.75) is 32.3 Å². The molecule has 128 valence electrons. The maximum absolute atomic E-state index is 13.5. The van der Waals surface area contributed by atoms with Gasteiger partial charge in [-0.15, -0.1) is 11.3 Å². The monoisotopic (exact) mass is 353 g/mol. The van der Waals surface area contributed by atoms with Crippen LogP contribution in [0.1, 0.15) is 24.6 Å². The third-order valence-corrected chi connectivity index (χ3v) is 4.19. The van der Waals surface area contributed by atoms with Gasteiger partial charge in [0, 0.05) is 17.4 Å². The molecule has 2 aromatic rings. The number of carbonyl (C=O) groups excluding carboxylic acids is 2. The highest BCUT2D eigenvalue weighted by atomic mass is 32.1. The minimum atomic E-state index is -1.07. The van der Waals surface area contributed by atoms with E-state index in [1.54, 1.807) is 11.3 Å². The number of carbonyl (C=O) groups is 2. The van der Waals surface area contributed by atoms with Gasteiger partial charge in [0.2, 0.25) is 0 Å². The summed E-state index contributed by atoms with van der Waals surface area (Å²) in [6.07, 6.45) is 0.526. The lowest BCUT2D eigenvalue weighted by atomic mass is 10.2. The van der Waals surface area contributed by atoms with Gasteiger partial charge in [0.1, 0.15) is 11.6 Å². The quantitative estimate of drug-likeness (QED) is 0.768. The van der Waals surface area contributed by atoms with Crippen LogP contribution in [0.2, 0.25) is 0 Å². The summed E-state index contributed by atoms with van der Waals surface area (Å²) in [5.74, 6) is -2.80. The third kappa shape index (κ3) is 5.42. The van der Waals surface area contributed by atoms with E-state index < -0.39 is 29.6 Å². The fraction of sp³-hybridized carbons (Fsp3) is 0.294. The van der Waals surface area contributed by atoms with Crippen LogP contribution in [0.4, 0.5) is 14.5 Å². The van der Waals surface area contributed by atoms with Crippen LogP contribution in [-0.2, 0) is 20.7 Å². The Morgan fingerprint density at radius 1 is 1.29 bits per heavy atom. The Hall–Kier alpha value is -2.28. The number of amides is 1. The molecule has 4 nitrogen and oxygen atoms in total. The lowest BCUT2D eigenvalue weighted by molar-refractivity contribution is -0.153. The van der Waals surface area contributed by atoms with Crippen molar-refractivity contribution in [1.29, 1.82) is 0 Å². The lowest BCUT2D eigenvalue weighted by Crippen LogP contribution is -2.30. The molecule has 1 unspecified atom stereocenters. The molecule has 1 aromatic carbocycles. The highest BCUT2D eigenvalue weighted by Crippen LogP contribution is 2.16. The predicted molar refractivity (Wildman–Crippen MR) is 87.8 cm³/mol. The second kappa shape index (κ2) is 8.54. The van der Waals surface area contributed by atoms with Gasteiger partial charge in [0.25, 0.3) is 5.91 Å². The molecule has 0 spiro atoms. The SMILES string of the molecule is CC(OC(=O)CCCc1cccs1)C(=O)Nc1ccc(F)cc1F. The average Bonchev–Trinajstić information content (AvgIpc) is 3.03. The number of thiophene rings is 1. The molecule has 2 rings (SSSR count). The number of anilines is 1. The number of rotatable bonds is 7. The molecule has 0 aliphatic heterocycles. The van der Waals surface area contributed by atoms with Gasteiger partial charge >= 0.3 is 5.97 Å². The van der Waals surface area contributed by atoms with Crippen LogP contribution in [0.25, 0.3) is 0 Å². The normalized spacial score (nSPS) is 11.8. The molecular weight excluding hydrogens is 336 g/mol. The average molecular weight is 353 g/mol. The van der Waals surface area contributed by atoms with Crippen molar-refractivity contribution in [3.63, 3.8) is 0 Å². The zero-order valence-electron chi connectivity index (χ0n) is 13.1. The fourth-order valence-corrected chi connectivity index (χ4v) is 2.75. The second-order valence-electron chi connectivity index (χ2n) is 5.18. The highest BCUT2D eigenvalue weighted by molar-refractivity contribution is 7.09. The van der Waals surface area contributed by atoms with Crippen molar-refractivity contribution in [2.24, 2.45) is 0 Å². The van der Waals surface area contributed by atoms with Gasteiger partial charge in [-0.05, 0) is 43.3 Å². The number of nitrogens with one attached hydrogen (secondary N) is 1. The zero-order valence-corrected chi connectivity index (χ0v) is 13.9.